The van der Waals surface area contributed by atoms with E-state index < -0.39 is 5.97 Å². The van der Waals surface area contributed by atoms with E-state index in [9.17, 15) is 4.79 Å². The van der Waals surface area contributed by atoms with Crippen LogP contribution in [0.2, 0.25) is 5.02 Å². The van der Waals surface area contributed by atoms with Gasteiger partial charge < -0.3 is 10.4 Å². The maximum absolute atomic E-state index is 10.7. The Labute approximate surface area is 105 Å². The SMILES string of the molecule is Cc1nsc(Nc2ncc(C(=O)O)cc2Cl)n1. The minimum absolute atomic E-state index is 0.0361. The zero-order valence-electron chi connectivity index (χ0n) is 8.64. The summed E-state index contributed by atoms with van der Waals surface area (Å²) in [6, 6.07) is 1.33. The van der Waals surface area contributed by atoms with Gasteiger partial charge in [0.15, 0.2) is 5.82 Å². The molecular weight excluding hydrogens is 264 g/mol. The van der Waals surface area contributed by atoms with Gasteiger partial charge in [-0.15, -0.1) is 0 Å². The molecule has 2 aromatic rings. The average Bonchev–Trinajstić information content (AvgIpc) is 2.67. The summed E-state index contributed by atoms with van der Waals surface area (Å²) in [5, 5.41) is 12.4. The first-order valence-corrected chi connectivity index (χ1v) is 5.67. The van der Waals surface area contributed by atoms with Crippen molar-refractivity contribution in [2.24, 2.45) is 0 Å². The number of anilines is 2. The van der Waals surface area contributed by atoms with Gasteiger partial charge in [-0.25, -0.2) is 14.8 Å². The largest absolute Gasteiger partial charge is 0.478 e. The van der Waals surface area contributed by atoms with Crippen molar-refractivity contribution in [1.29, 1.82) is 0 Å². The van der Waals surface area contributed by atoms with Crippen LogP contribution in [0.3, 0.4) is 0 Å². The number of hydrogen-bond donors (Lipinski definition) is 2. The van der Waals surface area contributed by atoms with E-state index in [1.807, 2.05) is 0 Å². The maximum atomic E-state index is 10.7. The van der Waals surface area contributed by atoms with Crippen LogP contribution in [0.4, 0.5) is 10.9 Å². The molecule has 0 radical (unpaired) electrons. The molecule has 0 aliphatic carbocycles. The quantitative estimate of drug-likeness (QED) is 0.890. The molecule has 0 bridgehead atoms. The maximum Gasteiger partial charge on any atom is 0.337 e. The summed E-state index contributed by atoms with van der Waals surface area (Å²) in [5.74, 6) is -0.0682. The molecule has 2 N–H and O–H groups in total. The van der Waals surface area contributed by atoms with Crippen LogP contribution in [0.5, 0.6) is 0 Å². The Morgan fingerprint density at radius 3 is 2.88 bits per heavy atom. The van der Waals surface area contributed by atoms with Crippen LogP contribution < -0.4 is 5.32 Å². The lowest BCUT2D eigenvalue weighted by Crippen LogP contribution is -2.00. The second-order valence-corrected chi connectivity index (χ2v) is 4.29. The zero-order valence-corrected chi connectivity index (χ0v) is 10.2. The summed E-state index contributed by atoms with van der Waals surface area (Å²) in [4.78, 5) is 18.7. The lowest BCUT2D eigenvalue weighted by Gasteiger charge is -2.03. The molecule has 0 aliphatic rings. The number of rotatable bonds is 3. The Bertz CT molecular complexity index is 572. The van der Waals surface area contributed by atoms with Crippen molar-refractivity contribution < 1.29 is 9.90 Å². The fourth-order valence-corrected chi connectivity index (χ4v) is 1.88. The number of pyridine rings is 1. The molecule has 0 unspecified atom stereocenters. The molecule has 0 saturated heterocycles. The molecule has 0 fully saturated rings. The minimum atomic E-state index is -1.07. The van der Waals surface area contributed by atoms with Crippen molar-refractivity contribution in [3.05, 3.63) is 28.7 Å². The smallest absolute Gasteiger partial charge is 0.337 e. The number of aryl methyl sites for hydroxylation is 1. The van der Waals surface area contributed by atoms with Gasteiger partial charge in [0, 0.05) is 17.7 Å². The number of carboxylic acid groups (broad SMARTS) is 1. The topological polar surface area (TPSA) is 88.0 Å². The molecule has 2 rings (SSSR count). The number of carboxylic acids is 1. The third-order valence-corrected chi connectivity index (χ3v) is 2.85. The number of aromatic carboxylic acids is 1. The van der Waals surface area contributed by atoms with Gasteiger partial charge in [0.2, 0.25) is 5.13 Å². The van der Waals surface area contributed by atoms with Crippen LogP contribution in [0.25, 0.3) is 0 Å². The molecule has 0 aromatic carbocycles. The first-order chi connectivity index (χ1) is 8.06. The molecule has 0 spiro atoms. The van der Waals surface area contributed by atoms with Crippen LogP contribution in [-0.4, -0.2) is 25.4 Å². The van der Waals surface area contributed by atoms with Crippen molar-refractivity contribution in [3.63, 3.8) is 0 Å². The van der Waals surface area contributed by atoms with Gasteiger partial charge in [0.05, 0.1) is 10.6 Å². The highest BCUT2D eigenvalue weighted by Crippen LogP contribution is 2.24. The highest BCUT2D eigenvalue weighted by molar-refractivity contribution is 7.09. The number of hydrogen-bond acceptors (Lipinski definition) is 6. The van der Waals surface area contributed by atoms with Gasteiger partial charge in [-0.2, -0.15) is 4.37 Å². The van der Waals surface area contributed by atoms with Crippen molar-refractivity contribution in [2.75, 3.05) is 5.32 Å². The van der Waals surface area contributed by atoms with Crippen LogP contribution >= 0.6 is 23.1 Å². The predicted octanol–water partition coefficient (Wildman–Crippen LogP) is 2.34. The molecule has 0 aliphatic heterocycles. The van der Waals surface area contributed by atoms with Gasteiger partial charge >= 0.3 is 5.97 Å². The first-order valence-electron chi connectivity index (χ1n) is 4.52. The number of aromatic nitrogens is 3. The van der Waals surface area contributed by atoms with Crippen molar-refractivity contribution in [1.82, 2.24) is 14.3 Å². The molecule has 2 heterocycles. The van der Waals surface area contributed by atoms with E-state index in [2.05, 4.69) is 19.7 Å². The third kappa shape index (κ3) is 2.69. The normalized spacial score (nSPS) is 10.2. The van der Waals surface area contributed by atoms with Crippen molar-refractivity contribution in [2.45, 2.75) is 6.92 Å². The van der Waals surface area contributed by atoms with E-state index in [0.29, 0.717) is 16.8 Å². The second kappa shape index (κ2) is 4.64. The van der Waals surface area contributed by atoms with Gasteiger partial charge in [-0.05, 0) is 13.0 Å². The summed E-state index contributed by atoms with van der Waals surface area (Å²) in [5.41, 5.74) is 0.0361. The fraction of sp³-hybridized carbons (Fsp3) is 0.111. The Morgan fingerprint density at radius 1 is 1.59 bits per heavy atom. The summed E-state index contributed by atoms with van der Waals surface area (Å²) in [7, 11) is 0. The summed E-state index contributed by atoms with van der Waals surface area (Å²) >= 11 is 7.07. The van der Waals surface area contributed by atoms with Crippen LogP contribution in [0.15, 0.2) is 12.3 Å². The Morgan fingerprint density at radius 2 is 2.35 bits per heavy atom. The number of halogens is 1. The molecule has 2 aromatic heterocycles. The van der Waals surface area contributed by atoms with Crippen LogP contribution in [0, 0.1) is 6.92 Å². The van der Waals surface area contributed by atoms with E-state index in [1.165, 1.54) is 23.8 Å². The summed E-state index contributed by atoms with van der Waals surface area (Å²) in [6.45, 7) is 1.77. The summed E-state index contributed by atoms with van der Waals surface area (Å²) < 4.78 is 3.99. The number of nitrogens with zero attached hydrogens (tertiary/aromatic N) is 3. The Hall–Kier alpha value is -1.73. The highest BCUT2D eigenvalue weighted by atomic mass is 35.5. The fourth-order valence-electron chi connectivity index (χ4n) is 1.10. The third-order valence-electron chi connectivity index (χ3n) is 1.84. The van der Waals surface area contributed by atoms with E-state index in [-0.39, 0.29) is 10.6 Å². The minimum Gasteiger partial charge on any atom is -0.478 e. The molecule has 0 amide bonds. The zero-order chi connectivity index (χ0) is 12.4. The molecule has 88 valence electrons. The van der Waals surface area contributed by atoms with E-state index in [1.54, 1.807) is 6.92 Å². The number of carbonyl (C=O) groups is 1. The Kier molecular flexibility index (Phi) is 3.21. The molecule has 0 atom stereocenters. The van der Waals surface area contributed by atoms with E-state index >= 15 is 0 Å². The van der Waals surface area contributed by atoms with Crippen molar-refractivity contribution in [3.8, 4) is 0 Å². The molecule has 17 heavy (non-hydrogen) atoms. The first kappa shape index (κ1) is 11.7. The molecular formula is C9H7ClN4O2S. The molecule has 6 nitrogen and oxygen atoms in total. The van der Waals surface area contributed by atoms with Gasteiger partial charge in [0.1, 0.15) is 5.82 Å². The average molecular weight is 271 g/mol. The predicted molar refractivity (Wildman–Crippen MR) is 64.1 cm³/mol. The van der Waals surface area contributed by atoms with Gasteiger partial charge in [-0.1, -0.05) is 11.6 Å². The molecule has 0 saturated carbocycles. The lowest BCUT2D eigenvalue weighted by molar-refractivity contribution is 0.0696. The van der Waals surface area contributed by atoms with Crippen LogP contribution in [0.1, 0.15) is 16.2 Å². The van der Waals surface area contributed by atoms with Gasteiger partial charge in [0.25, 0.3) is 0 Å². The highest BCUT2D eigenvalue weighted by Gasteiger charge is 2.10. The number of nitrogens with one attached hydrogen (secondary N) is 1. The van der Waals surface area contributed by atoms with Gasteiger partial charge in [-0.3, -0.25) is 0 Å². The Balaban J connectivity index is 2.25. The molecule has 8 heteroatoms. The van der Waals surface area contributed by atoms with E-state index in [0.717, 1.165) is 0 Å². The second-order valence-electron chi connectivity index (χ2n) is 3.13. The summed E-state index contributed by atoms with van der Waals surface area (Å²) in [6.07, 6.45) is 1.23. The standard InChI is InChI=1S/C9H7ClN4O2S/c1-4-12-9(17-14-4)13-7-6(10)2-5(3-11-7)8(15)16/h2-3H,1H3,(H,15,16)(H,11,12,13,14). The van der Waals surface area contributed by atoms with E-state index in [4.69, 9.17) is 16.7 Å². The lowest BCUT2D eigenvalue weighted by atomic mass is 10.3. The van der Waals surface area contributed by atoms with Crippen LogP contribution in [-0.2, 0) is 0 Å². The monoisotopic (exact) mass is 270 g/mol. The van der Waals surface area contributed by atoms with Crippen molar-refractivity contribution >= 4 is 40.1 Å².